The van der Waals surface area contributed by atoms with Crippen molar-refractivity contribution in [2.45, 2.75) is 54.9 Å². The fraction of sp³-hybridized carbons (Fsp3) is 0.423. The van der Waals surface area contributed by atoms with Gasteiger partial charge in [-0.05, 0) is 24.3 Å². The third kappa shape index (κ3) is 4.49. The van der Waals surface area contributed by atoms with Gasteiger partial charge in [-0.2, -0.15) is 0 Å². The standard InChI is InChI=1S/C26H28O14/c27-6-13-18(32)21(35)23(37)26(40-13)15-19(33)14-10(29)5-12(8-1-3-9(28)4-2-8)39-24(14)16(20(15)34)25-22(36)17(31)11(30)7-38-25/h1-5,11,13,17-18,21-23,25-28,30-37H,6-7H2/t11-,13+,17-,18-,21+,22-,23-,25-,26+/m1/s1. The fourth-order valence-electron chi connectivity index (χ4n) is 5.11. The summed E-state index contributed by atoms with van der Waals surface area (Å²) >= 11 is 0. The first kappa shape index (κ1) is 28.2. The number of phenolic OH excluding ortho intramolecular Hbond substituents is 3. The van der Waals surface area contributed by atoms with Gasteiger partial charge in [-0.15, -0.1) is 0 Å². The van der Waals surface area contributed by atoms with Crippen molar-refractivity contribution in [3.8, 4) is 28.6 Å². The molecule has 10 N–H and O–H groups in total. The number of rotatable bonds is 4. The van der Waals surface area contributed by atoms with Gasteiger partial charge in [-0.3, -0.25) is 4.79 Å². The lowest BCUT2D eigenvalue weighted by molar-refractivity contribution is -0.232. The van der Waals surface area contributed by atoms with Gasteiger partial charge in [-0.25, -0.2) is 0 Å². The third-order valence-corrected chi connectivity index (χ3v) is 7.31. The topological polar surface area (TPSA) is 251 Å². The Morgan fingerprint density at radius 3 is 2.08 bits per heavy atom. The molecule has 14 nitrogen and oxygen atoms in total. The molecule has 0 aliphatic carbocycles. The molecule has 2 saturated heterocycles. The quantitative estimate of drug-likeness (QED) is 0.169. The minimum Gasteiger partial charge on any atom is -0.508 e. The molecule has 9 atom stereocenters. The van der Waals surface area contributed by atoms with Crippen molar-refractivity contribution in [1.82, 2.24) is 0 Å². The Hall–Kier alpha value is -3.31. The zero-order valence-corrected chi connectivity index (χ0v) is 20.6. The van der Waals surface area contributed by atoms with Crippen molar-refractivity contribution in [2.75, 3.05) is 13.2 Å². The molecular formula is C26H28O14. The summed E-state index contributed by atoms with van der Waals surface area (Å²) in [5.41, 5.74) is -2.15. The van der Waals surface area contributed by atoms with E-state index in [0.29, 0.717) is 5.56 Å². The summed E-state index contributed by atoms with van der Waals surface area (Å²) < 4.78 is 16.9. The molecule has 0 saturated carbocycles. The van der Waals surface area contributed by atoms with Crippen LogP contribution in [0.3, 0.4) is 0 Å². The molecule has 40 heavy (non-hydrogen) atoms. The maximum Gasteiger partial charge on any atom is 0.197 e. The van der Waals surface area contributed by atoms with Gasteiger partial charge in [0.2, 0.25) is 0 Å². The van der Waals surface area contributed by atoms with Crippen LogP contribution in [0.4, 0.5) is 0 Å². The Morgan fingerprint density at radius 1 is 0.775 bits per heavy atom. The summed E-state index contributed by atoms with van der Waals surface area (Å²) in [5.74, 6) is -2.01. The van der Waals surface area contributed by atoms with E-state index in [4.69, 9.17) is 13.9 Å². The summed E-state index contributed by atoms with van der Waals surface area (Å²) in [6.45, 7) is -1.34. The first-order chi connectivity index (χ1) is 19.0. The third-order valence-electron chi connectivity index (χ3n) is 7.31. The highest BCUT2D eigenvalue weighted by atomic mass is 16.5. The first-order valence-electron chi connectivity index (χ1n) is 12.3. The molecule has 0 amide bonds. The second-order valence-electron chi connectivity index (χ2n) is 9.80. The average molecular weight is 564 g/mol. The van der Waals surface area contributed by atoms with E-state index in [1.54, 1.807) is 0 Å². The Kier molecular flexibility index (Phi) is 7.47. The molecule has 2 aliphatic rings. The lowest BCUT2D eigenvalue weighted by atomic mass is 9.85. The van der Waals surface area contributed by atoms with Gasteiger partial charge in [-0.1, -0.05) is 0 Å². The molecule has 0 bridgehead atoms. The van der Waals surface area contributed by atoms with E-state index in [1.807, 2.05) is 0 Å². The zero-order chi connectivity index (χ0) is 29.0. The number of aliphatic hydroxyl groups excluding tert-OH is 7. The molecule has 2 aromatic carbocycles. The van der Waals surface area contributed by atoms with Crippen LogP contribution >= 0.6 is 0 Å². The van der Waals surface area contributed by atoms with E-state index < -0.39 is 107 Å². The van der Waals surface area contributed by atoms with Gasteiger partial charge in [0.05, 0.1) is 24.3 Å². The summed E-state index contributed by atoms with van der Waals surface area (Å²) in [7, 11) is 0. The molecular weight excluding hydrogens is 536 g/mol. The summed E-state index contributed by atoms with van der Waals surface area (Å²) in [5, 5.41) is 104. The molecule has 2 aliphatic heterocycles. The first-order valence-corrected chi connectivity index (χ1v) is 12.3. The second kappa shape index (κ2) is 10.6. The molecule has 216 valence electrons. The molecule has 0 radical (unpaired) electrons. The van der Waals surface area contributed by atoms with E-state index in [1.165, 1.54) is 24.3 Å². The van der Waals surface area contributed by atoms with Crippen LogP contribution in [0.15, 0.2) is 39.5 Å². The van der Waals surface area contributed by atoms with Gasteiger partial charge in [0.25, 0.3) is 0 Å². The van der Waals surface area contributed by atoms with E-state index in [2.05, 4.69) is 0 Å². The number of ether oxygens (including phenoxy) is 2. The normalized spacial score (nSPS) is 32.8. The van der Waals surface area contributed by atoms with Crippen molar-refractivity contribution in [1.29, 1.82) is 0 Å². The molecule has 0 unspecified atom stereocenters. The number of aliphatic hydroxyl groups is 7. The summed E-state index contributed by atoms with van der Waals surface area (Å²) in [6, 6.07) is 6.50. The fourth-order valence-corrected chi connectivity index (χ4v) is 5.11. The molecule has 5 rings (SSSR count). The predicted octanol–water partition coefficient (Wildman–Crippen LogP) is -1.75. The largest absolute Gasteiger partial charge is 0.508 e. The molecule has 1 aromatic heterocycles. The molecule has 2 fully saturated rings. The second-order valence-corrected chi connectivity index (χ2v) is 9.80. The van der Waals surface area contributed by atoms with Gasteiger partial charge < -0.3 is 65.0 Å². The summed E-state index contributed by atoms with van der Waals surface area (Å²) in [6.07, 6.45) is -15.7. The highest BCUT2D eigenvalue weighted by molar-refractivity contribution is 5.92. The van der Waals surface area contributed by atoms with E-state index >= 15 is 0 Å². The molecule has 3 heterocycles. The van der Waals surface area contributed by atoms with Crippen molar-refractivity contribution >= 4 is 11.0 Å². The maximum absolute atomic E-state index is 13.4. The van der Waals surface area contributed by atoms with Crippen LogP contribution in [0.25, 0.3) is 22.3 Å². The SMILES string of the molecule is O=c1cc(-c2ccc(O)cc2)oc2c([C@H]3OC[C@@H](O)[C@@H](O)[C@H]3O)c(O)c([C@@H]3O[C@@H](CO)[C@@H](O)[C@H](O)[C@H]3O)c(O)c12. The monoisotopic (exact) mass is 564 g/mol. The lowest BCUT2D eigenvalue weighted by Crippen LogP contribution is -2.55. The Balaban J connectivity index is 1.80. The maximum atomic E-state index is 13.4. The van der Waals surface area contributed by atoms with Gasteiger partial charge >= 0.3 is 0 Å². The Bertz CT molecular complexity index is 1450. The highest BCUT2D eigenvalue weighted by Crippen LogP contribution is 2.50. The van der Waals surface area contributed by atoms with Gasteiger partial charge in [0.15, 0.2) is 11.0 Å². The number of benzene rings is 2. The number of fused-ring (bicyclic) bond motifs is 1. The number of hydrogen-bond acceptors (Lipinski definition) is 14. The number of aromatic hydroxyl groups is 3. The zero-order valence-electron chi connectivity index (χ0n) is 20.6. The van der Waals surface area contributed by atoms with E-state index in [9.17, 15) is 55.9 Å². The van der Waals surface area contributed by atoms with Crippen molar-refractivity contribution in [2.24, 2.45) is 0 Å². The van der Waals surface area contributed by atoms with Crippen LogP contribution in [0.1, 0.15) is 23.3 Å². The van der Waals surface area contributed by atoms with Gasteiger partial charge in [0.1, 0.15) is 83.3 Å². The molecule has 14 heteroatoms. The van der Waals surface area contributed by atoms with Gasteiger partial charge in [0, 0.05) is 11.6 Å². The summed E-state index contributed by atoms with van der Waals surface area (Å²) in [4.78, 5) is 13.4. The van der Waals surface area contributed by atoms with Crippen LogP contribution in [0.2, 0.25) is 0 Å². The Morgan fingerprint density at radius 2 is 1.43 bits per heavy atom. The van der Waals surface area contributed by atoms with Crippen LogP contribution in [-0.4, -0.2) is 107 Å². The smallest absolute Gasteiger partial charge is 0.197 e. The predicted molar refractivity (Wildman–Crippen MR) is 132 cm³/mol. The number of phenols is 3. The highest BCUT2D eigenvalue weighted by Gasteiger charge is 2.48. The van der Waals surface area contributed by atoms with E-state index in [0.717, 1.165) is 6.07 Å². The molecule has 3 aromatic rings. The van der Waals surface area contributed by atoms with E-state index in [-0.39, 0.29) is 11.5 Å². The van der Waals surface area contributed by atoms with Crippen molar-refractivity contribution in [3.63, 3.8) is 0 Å². The lowest BCUT2D eigenvalue weighted by Gasteiger charge is -2.41. The minimum absolute atomic E-state index is 0.0710. The van der Waals surface area contributed by atoms with Crippen molar-refractivity contribution in [3.05, 3.63) is 51.7 Å². The van der Waals surface area contributed by atoms with Crippen LogP contribution in [-0.2, 0) is 9.47 Å². The van der Waals surface area contributed by atoms with Crippen LogP contribution in [0, 0.1) is 0 Å². The van der Waals surface area contributed by atoms with Crippen LogP contribution < -0.4 is 5.43 Å². The van der Waals surface area contributed by atoms with Crippen molar-refractivity contribution < 1.29 is 65.0 Å². The molecule has 0 spiro atoms. The Labute approximate surface area is 224 Å². The van der Waals surface area contributed by atoms with Crippen LogP contribution in [0.5, 0.6) is 17.2 Å². The minimum atomic E-state index is -1.98. The number of hydrogen-bond donors (Lipinski definition) is 10. The average Bonchev–Trinajstić information content (AvgIpc) is 2.92.